The average Bonchev–Trinajstić information content (AvgIpc) is 1.61. The van der Waals surface area contributed by atoms with Crippen molar-refractivity contribution in [3.8, 4) is 44.5 Å². The van der Waals surface area contributed by atoms with Crippen LogP contribution in [0.3, 0.4) is 0 Å². The van der Waals surface area contributed by atoms with Gasteiger partial charge in [0.05, 0.1) is 47.9 Å². The molecule has 5 atom stereocenters. The zero-order valence-electron chi connectivity index (χ0n) is 69.6. The molecule has 11 aromatic carbocycles. The molecule has 13 aliphatic rings. The van der Waals surface area contributed by atoms with E-state index in [2.05, 4.69) is 431 Å². The Morgan fingerprint density at radius 1 is 0.347 bits per heavy atom. The van der Waals surface area contributed by atoms with E-state index in [4.69, 9.17) is 0 Å². The van der Waals surface area contributed by atoms with E-state index in [1.165, 1.54) is 192 Å². The van der Waals surface area contributed by atoms with Gasteiger partial charge in [0.1, 0.15) is 0 Å². The molecule has 577 valence electrons. The second-order valence-electron chi connectivity index (χ2n) is 33.9. The Bertz CT molecular complexity index is 6050. The van der Waals surface area contributed by atoms with Crippen LogP contribution in [0.25, 0.3) is 61.0 Å². The predicted molar refractivity (Wildman–Crippen MR) is 466 cm³/mol. The molecule has 16 heteroatoms. The van der Waals surface area contributed by atoms with Crippen LogP contribution in [0.2, 0.25) is 0 Å². The maximum Gasteiger partial charge on any atom is 0.0788 e. The van der Waals surface area contributed by atoms with Gasteiger partial charge in [0, 0.05) is 252 Å². The summed E-state index contributed by atoms with van der Waals surface area (Å²) in [6.07, 6.45) is 20.1. The van der Waals surface area contributed by atoms with E-state index in [9.17, 15) is 0 Å². The van der Waals surface area contributed by atoms with Gasteiger partial charge in [-0.15, -0.1) is 42.0 Å². The molecule has 11 heterocycles. The SMILES string of the molecule is C[C-]1c2c3ccccc3cn2N2C=CN(C)C12.C[C-]1c2cc(-c3ccccc3)ccc2N2C=C(c3ccccc3)NC12.C[C-]1c2cc3c(cc2N2C=CN(C)C12)C(C)(C)c1ccccc1-3.C[C-]1c2cc3c(cc2N2C=CN(C)C12)Cc1ccccc1-3.C[C-]1c2cc3c(cc2N2c4ccccc4N(C)C12)C(C)(C)c1ccccc1-3.[Y].[Y].[Y].[Y].[Y]. The van der Waals surface area contributed by atoms with Gasteiger partial charge in [-0.1, -0.05) is 322 Å². The molecule has 11 nitrogen and oxygen atoms in total. The van der Waals surface area contributed by atoms with Crippen molar-refractivity contribution in [2.45, 2.75) is 110 Å². The van der Waals surface area contributed by atoms with Gasteiger partial charge < -0.3 is 44.5 Å². The predicted octanol–water partition coefficient (Wildman–Crippen LogP) is 21.4. The van der Waals surface area contributed by atoms with Gasteiger partial charge in [-0.2, -0.15) is 52.4 Å². The first-order chi connectivity index (χ1) is 54.8. The summed E-state index contributed by atoms with van der Waals surface area (Å²) in [7, 11) is 8.65. The number of nitrogens with zero attached hydrogens (tertiary/aromatic N) is 10. The van der Waals surface area contributed by atoms with Crippen molar-refractivity contribution < 1.29 is 164 Å². The van der Waals surface area contributed by atoms with Crippen molar-refractivity contribution in [3.05, 3.63) is 383 Å². The van der Waals surface area contributed by atoms with E-state index in [1.807, 2.05) is 0 Å². The van der Waals surface area contributed by atoms with Crippen LogP contribution in [0.5, 0.6) is 0 Å². The average molecular weight is 1920 g/mol. The van der Waals surface area contributed by atoms with Gasteiger partial charge in [-0.05, 0) is 63.1 Å². The van der Waals surface area contributed by atoms with Gasteiger partial charge in [0.25, 0.3) is 0 Å². The number of hydrogen-bond acceptors (Lipinski definition) is 10. The Labute approximate surface area is 823 Å². The Morgan fingerprint density at radius 3 is 1.47 bits per heavy atom. The van der Waals surface area contributed by atoms with Crippen LogP contribution in [-0.2, 0) is 181 Å². The van der Waals surface area contributed by atoms with Crippen molar-refractivity contribution in [1.82, 2.24) is 24.7 Å². The molecule has 12 aromatic rings. The Morgan fingerprint density at radius 2 is 0.839 bits per heavy atom. The largest absolute Gasteiger partial charge is 0.386 e. The molecule has 5 unspecified atom stereocenters. The number of benzene rings is 11. The third-order valence-corrected chi connectivity index (χ3v) is 26.9. The number of hydrogen-bond donors (Lipinski definition) is 1. The number of rotatable bonds is 2. The van der Waals surface area contributed by atoms with Crippen molar-refractivity contribution in [3.63, 3.8) is 0 Å². The molecule has 3 aliphatic carbocycles. The summed E-state index contributed by atoms with van der Waals surface area (Å²) >= 11 is 0. The van der Waals surface area contributed by atoms with E-state index >= 15 is 0 Å². The molecule has 25 rings (SSSR count). The van der Waals surface area contributed by atoms with Crippen molar-refractivity contribution >= 4 is 50.6 Å². The summed E-state index contributed by atoms with van der Waals surface area (Å²) in [6.45, 7) is 20.7. The molecular formula is C102H94N11Y5-5. The number of aromatic nitrogens is 1. The topological polar surface area (TPSA) is 46.1 Å². The van der Waals surface area contributed by atoms with Crippen molar-refractivity contribution in [2.75, 3.05) is 57.7 Å². The van der Waals surface area contributed by atoms with Crippen LogP contribution >= 0.6 is 0 Å². The molecule has 5 radical (unpaired) electrons. The molecule has 10 aliphatic heterocycles. The Hall–Kier alpha value is -7.21. The van der Waals surface area contributed by atoms with Crippen LogP contribution in [0.4, 0.5) is 34.1 Å². The van der Waals surface area contributed by atoms with Crippen LogP contribution in [0, 0.1) is 29.6 Å². The Balaban J connectivity index is 0.000000110. The van der Waals surface area contributed by atoms with Gasteiger partial charge >= 0.3 is 0 Å². The van der Waals surface area contributed by atoms with Crippen molar-refractivity contribution in [2.24, 2.45) is 0 Å². The third-order valence-electron chi connectivity index (χ3n) is 26.9. The normalized spacial score (nSPS) is 19.5. The molecule has 0 bridgehead atoms. The first kappa shape index (κ1) is 84.4. The second-order valence-corrected chi connectivity index (χ2v) is 33.9. The fourth-order valence-corrected chi connectivity index (χ4v) is 21.2. The monoisotopic (exact) mass is 1920 g/mol. The van der Waals surface area contributed by atoms with E-state index in [-0.39, 0.29) is 181 Å². The molecule has 0 saturated heterocycles. The second kappa shape index (κ2) is 32.2. The number of anilines is 6. The van der Waals surface area contributed by atoms with Crippen LogP contribution < -0.4 is 34.8 Å². The molecule has 1 aromatic heterocycles. The fraction of sp³-hybridized carbons (Fsp3) is 0.206. The molecular weight excluding hydrogens is 1820 g/mol. The number of likely N-dealkylation sites (N-methyl/N-ethyl adjacent to an activating group) is 4. The summed E-state index contributed by atoms with van der Waals surface area (Å²) in [5, 5.41) is 8.61. The maximum absolute atomic E-state index is 3.68. The zero-order chi connectivity index (χ0) is 76.9. The quantitative estimate of drug-likeness (QED) is 0.169. The third kappa shape index (κ3) is 13.0. The van der Waals surface area contributed by atoms with Crippen LogP contribution in [0.15, 0.2) is 286 Å². The van der Waals surface area contributed by atoms with Gasteiger partial charge in [-0.3, -0.25) is 9.69 Å². The number of fused-ring (bicyclic) bond motifs is 28. The number of nitrogens with one attached hydrogen (secondary N) is 1. The Kier molecular flexibility index (Phi) is 23.1. The summed E-state index contributed by atoms with van der Waals surface area (Å²) in [4.78, 5) is 18.9. The van der Waals surface area contributed by atoms with E-state index in [1.54, 1.807) is 0 Å². The molecule has 0 saturated carbocycles. The molecule has 0 fully saturated rings. The molecule has 118 heavy (non-hydrogen) atoms. The van der Waals surface area contributed by atoms with E-state index in [0.717, 1.165) is 6.42 Å². The summed E-state index contributed by atoms with van der Waals surface area (Å²) < 4.78 is 2.27. The standard InChI is InChI=1S/C25H23N2.C23H19N2.C21H21N2.C19H17N2.C14H14N3.5Y/c1-15-17-13-18-16-9-5-6-10-19(16)25(2,3)20(18)14-23(17)27-22-12-8-7-11-21(22)26(4)24(15)27;1-16-20-14-19(17-8-4-2-5-9-17)12-13-22(20)25-15-21(24-23(16)25)18-10-6-3-7-11-18;1-13-15-11-16-14-7-5-6-8-17(14)21(2,3)18(16)12-19(15)23-10-9-22(4)20(13)23;1-12-16-11-17-14(9-13-5-3-4-6-15(13)17)10-18(16)21-8-7-20(2)19(12)21;1-10-13-12-6-4-3-5-11(12)9-17(13)16-8-7-15(2)14(10)16;;;;;/h5-14,24H,1-4H3;2-15,23-24H,1H3;5-12,20H,1-4H3;3-8,10-11,19H,9H2,1-2H3;3-9,14H,1-2H3;;;;;/q5*-1;;;;;. The van der Waals surface area contributed by atoms with Gasteiger partial charge in [0.2, 0.25) is 0 Å². The minimum Gasteiger partial charge on any atom is -0.386 e. The maximum atomic E-state index is 3.68. The van der Waals surface area contributed by atoms with Crippen molar-refractivity contribution in [1.29, 1.82) is 0 Å². The summed E-state index contributed by atoms with van der Waals surface area (Å²) in [5.74, 6) is 7.12. The number of para-hydroxylation sites is 2. The first-order valence-electron chi connectivity index (χ1n) is 40.1. The first-order valence-corrected chi connectivity index (χ1v) is 40.1. The molecule has 0 spiro atoms. The van der Waals surface area contributed by atoms with Crippen LogP contribution in [-0.4, -0.2) is 78.4 Å². The van der Waals surface area contributed by atoms with E-state index in [0.29, 0.717) is 24.7 Å². The van der Waals surface area contributed by atoms with Crippen LogP contribution in [0.1, 0.15) is 129 Å². The zero-order valence-corrected chi connectivity index (χ0v) is 83.8. The molecule has 1 N–H and O–H groups in total. The minimum atomic E-state index is 0. The van der Waals surface area contributed by atoms with E-state index < -0.39 is 0 Å². The molecule has 0 amide bonds. The fourth-order valence-electron chi connectivity index (χ4n) is 21.2. The van der Waals surface area contributed by atoms with Gasteiger partial charge in [-0.25, -0.2) is 0 Å². The summed E-state index contributed by atoms with van der Waals surface area (Å²) in [5.41, 5.74) is 37.1. The summed E-state index contributed by atoms with van der Waals surface area (Å²) in [6, 6.07) is 86.3. The minimum absolute atomic E-state index is 0. The smallest absolute Gasteiger partial charge is 0.0788 e. The van der Waals surface area contributed by atoms with Gasteiger partial charge in [0.15, 0.2) is 0 Å².